The fraction of sp³-hybridized carbons (Fsp3) is 1.00. The quantitative estimate of drug-likeness (QED) is 0.774. The first-order chi connectivity index (χ1) is 8.48. The van der Waals surface area contributed by atoms with Gasteiger partial charge in [0.2, 0.25) is 0 Å². The second-order valence-corrected chi connectivity index (χ2v) is 7.47. The van der Waals surface area contributed by atoms with E-state index in [0.29, 0.717) is 11.5 Å². The van der Waals surface area contributed by atoms with Crippen molar-refractivity contribution >= 4 is 0 Å². The Morgan fingerprint density at radius 2 is 1.61 bits per heavy atom. The van der Waals surface area contributed by atoms with Crippen molar-refractivity contribution in [3.8, 4) is 0 Å². The van der Waals surface area contributed by atoms with Gasteiger partial charge in [-0.3, -0.25) is 4.90 Å². The Labute approximate surface area is 113 Å². The molecule has 0 radical (unpaired) electrons. The van der Waals surface area contributed by atoms with Crippen molar-refractivity contribution in [2.75, 3.05) is 13.1 Å². The van der Waals surface area contributed by atoms with E-state index >= 15 is 0 Å². The molecular weight excluding hydrogens is 222 g/mol. The maximum absolute atomic E-state index is 10.4. The largest absolute Gasteiger partial charge is 0.391 e. The molecule has 0 amide bonds. The van der Waals surface area contributed by atoms with E-state index in [4.69, 9.17) is 0 Å². The van der Waals surface area contributed by atoms with Crippen molar-refractivity contribution in [1.82, 2.24) is 4.90 Å². The summed E-state index contributed by atoms with van der Waals surface area (Å²) in [7, 11) is 0. The van der Waals surface area contributed by atoms with Crippen molar-refractivity contribution in [3.05, 3.63) is 0 Å². The number of rotatable bonds is 1. The summed E-state index contributed by atoms with van der Waals surface area (Å²) in [6.07, 6.45) is 8.65. The van der Waals surface area contributed by atoms with Crippen LogP contribution in [0.2, 0.25) is 0 Å². The summed E-state index contributed by atoms with van der Waals surface area (Å²) in [5, 5.41) is 10.4. The first-order valence-electron chi connectivity index (χ1n) is 7.90. The van der Waals surface area contributed by atoms with Gasteiger partial charge in [-0.1, -0.05) is 46.5 Å². The average molecular weight is 253 g/mol. The summed E-state index contributed by atoms with van der Waals surface area (Å²) >= 11 is 0. The van der Waals surface area contributed by atoms with Crippen molar-refractivity contribution in [3.63, 3.8) is 0 Å². The van der Waals surface area contributed by atoms with Gasteiger partial charge in [-0.2, -0.15) is 0 Å². The lowest BCUT2D eigenvalue weighted by atomic mass is 9.80. The lowest BCUT2D eigenvalue weighted by molar-refractivity contribution is 0.0383. The number of hydrogen-bond acceptors (Lipinski definition) is 2. The molecule has 2 heteroatoms. The van der Waals surface area contributed by atoms with E-state index in [9.17, 15) is 5.11 Å². The van der Waals surface area contributed by atoms with Gasteiger partial charge < -0.3 is 5.11 Å². The Balaban J connectivity index is 1.94. The molecule has 0 bridgehead atoms. The molecule has 0 aromatic heterocycles. The minimum absolute atomic E-state index is 0.0796. The molecule has 1 aliphatic heterocycles. The standard InChI is InChI=1S/C16H31NO/c1-16(2,3)13-10-11-17(12-13)14-8-6-4-5-7-9-15(14)18/h13-15,18H,4-12H2,1-3H3. The summed E-state index contributed by atoms with van der Waals surface area (Å²) in [4.78, 5) is 2.59. The van der Waals surface area contributed by atoms with E-state index in [1.54, 1.807) is 0 Å². The lowest BCUT2D eigenvalue weighted by Gasteiger charge is -2.34. The van der Waals surface area contributed by atoms with Crippen LogP contribution in [0.25, 0.3) is 0 Å². The minimum atomic E-state index is -0.0796. The van der Waals surface area contributed by atoms with Gasteiger partial charge in [-0.05, 0) is 37.1 Å². The Bertz CT molecular complexity index is 258. The molecule has 2 aliphatic rings. The third kappa shape index (κ3) is 3.48. The molecule has 1 aliphatic carbocycles. The Hall–Kier alpha value is -0.0800. The zero-order valence-electron chi connectivity index (χ0n) is 12.5. The van der Waals surface area contributed by atoms with Crippen LogP contribution in [-0.4, -0.2) is 35.2 Å². The van der Waals surface area contributed by atoms with Gasteiger partial charge in [0.25, 0.3) is 0 Å². The summed E-state index contributed by atoms with van der Waals surface area (Å²) in [6, 6.07) is 0.442. The van der Waals surface area contributed by atoms with Crippen molar-refractivity contribution in [2.24, 2.45) is 11.3 Å². The number of nitrogens with zero attached hydrogens (tertiary/aromatic N) is 1. The van der Waals surface area contributed by atoms with Gasteiger partial charge >= 0.3 is 0 Å². The Kier molecular flexibility index (Phi) is 4.71. The molecule has 0 aromatic rings. The molecule has 2 rings (SSSR count). The van der Waals surface area contributed by atoms with Crippen molar-refractivity contribution in [2.45, 2.75) is 77.9 Å². The summed E-state index contributed by atoms with van der Waals surface area (Å²) < 4.78 is 0. The van der Waals surface area contributed by atoms with Gasteiger partial charge in [0.1, 0.15) is 0 Å². The molecule has 1 heterocycles. The highest BCUT2D eigenvalue weighted by Crippen LogP contribution is 2.36. The van der Waals surface area contributed by atoms with Crippen LogP contribution < -0.4 is 0 Å². The maximum Gasteiger partial charge on any atom is 0.0695 e. The lowest BCUT2D eigenvalue weighted by Crippen LogP contribution is -2.43. The van der Waals surface area contributed by atoms with E-state index in [1.165, 1.54) is 51.6 Å². The van der Waals surface area contributed by atoms with Crippen LogP contribution in [0.1, 0.15) is 65.7 Å². The van der Waals surface area contributed by atoms with E-state index in [1.807, 2.05) is 0 Å². The Morgan fingerprint density at radius 1 is 0.944 bits per heavy atom. The second-order valence-electron chi connectivity index (χ2n) is 7.47. The third-order valence-electron chi connectivity index (χ3n) is 5.11. The van der Waals surface area contributed by atoms with Gasteiger partial charge in [-0.25, -0.2) is 0 Å². The predicted molar refractivity (Wildman–Crippen MR) is 76.6 cm³/mol. The van der Waals surface area contributed by atoms with Crippen LogP contribution in [0, 0.1) is 11.3 Å². The first-order valence-corrected chi connectivity index (χ1v) is 7.90. The smallest absolute Gasteiger partial charge is 0.0695 e. The van der Waals surface area contributed by atoms with E-state index in [0.717, 1.165) is 12.3 Å². The second kappa shape index (κ2) is 5.92. The summed E-state index contributed by atoms with van der Waals surface area (Å²) in [6.45, 7) is 9.47. The summed E-state index contributed by atoms with van der Waals surface area (Å²) in [5.74, 6) is 0.801. The van der Waals surface area contributed by atoms with Gasteiger partial charge in [0.15, 0.2) is 0 Å². The zero-order chi connectivity index (χ0) is 13.2. The number of likely N-dealkylation sites (tertiary alicyclic amines) is 1. The number of hydrogen-bond donors (Lipinski definition) is 1. The van der Waals surface area contributed by atoms with Crippen molar-refractivity contribution < 1.29 is 5.11 Å². The molecule has 0 spiro atoms. The molecule has 3 atom stereocenters. The number of aliphatic hydroxyl groups is 1. The first kappa shape index (κ1) is 14.3. The topological polar surface area (TPSA) is 23.5 Å². The van der Waals surface area contributed by atoms with Crippen molar-refractivity contribution in [1.29, 1.82) is 0 Å². The highest BCUT2D eigenvalue weighted by Gasteiger charge is 2.36. The highest BCUT2D eigenvalue weighted by molar-refractivity contribution is 4.90. The van der Waals surface area contributed by atoms with Crippen LogP contribution in [-0.2, 0) is 0 Å². The average Bonchev–Trinajstić information content (AvgIpc) is 2.72. The van der Waals surface area contributed by atoms with Crippen LogP contribution in [0.4, 0.5) is 0 Å². The highest BCUT2D eigenvalue weighted by atomic mass is 16.3. The molecule has 106 valence electrons. The van der Waals surface area contributed by atoms with Crippen LogP contribution in [0.3, 0.4) is 0 Å². The predicted octanol–water partition coefficient (Wildman–Crippen LogP) is 3.44. The van der Waals surface area contributed by atoms with E-state index < -0.39 is 0 Å². The van der Waals surface area contributed by atoms with E-state index in [2.05, 4.69) is 25.7 Å². The normalized spacial score (nSPS) is 36.3. The fourth-order valence-corrected chi connectivity index (χ4v) is 3.67. The minimum Gasteiger partial charge on any atom is -0.391 e. The van der Waals surface area contributed by atoms with Crippen LogP contribution in [0.5, 0.6) is 0 Å². The molecular formula is C16H31NO. The fourth-order valence-electron chi connectivity index (χ4n) is 3.67. The maximum atomic E-state index is 10.4. The molecule has 2 fully saturated rings. The molecule has 1 N–H and O–H groups in total. The summed E-state index contributed by atoms with van der Waals surface area (Å²) in [5.41, 5.74) is 0.418. The molecule has 3 unspecified atom stereocenters. The molecule has 1 saturated heterocycles. The van der Waals surface area contributed by atoms with E-state index in [-0.39, 0.29) is 6.10 Å². The molecule has 18 heavy (non-hydrogen) atoms. The SMILES string of the molecule is CC(C)(C)C1CCN(C2CCCCCCC2O)C1. The molecule has 0 aromatic carbocycles. The zero-order valence-corrected chi connectivity index (χ0v) is 12.5. The molecule has 2 nitrogen and oxygen atoms in total. The van der Waals surface area contributed by atoms with Gasteiger partial charge in [0, 0.05) is 12.6 Å². The van der Waals surface area contributed by atoms with Crippen LogP contribution in [0.15, 0.2) is 0 Å². The van der Waals surface area contributed by atoms with Gasteiger partial charge in [0.05, 0.1) is 6.10 Å². The third-order valence-corrected chi connectivity index (χ3v) is 5.11. The number of aliphatic hydroxyl groups excluding tert-OH is 1. The Morgan fingerprint density at radius 3 is 2.22 bits per heavy atom. The van der Waals surface area contributed by atoms with Gasteiger partial charge in [-0.15, -0.1) is 0 Å². The monoisotopic (exact) mass is 253 g/mol. The van der Waals surface area contributed by atoms with Crippen LogP contribution >= 0.6 is 0 Å². The molecule has 1 saturated carbocycles.